The first-order valence-corrected chi connectivity index (χ1v) is 10.2. The highest BCUT2D eigenvalue weighted by Crippen LogP contribution is 2.33. The smallest absolute Gasteiger partial charge is 0.206 e. The number of halogens is 1. The molecule has 0 fully saturated rings. The van der Waals surface area contributed by atoms with E-state index in [0.29, 0.717) is 6.61 Å². The Morgan fingerprint density at radius 1 is 1.29 bits per heavy atom. The van der Waals surface area contributed by atoms with Gasteiger partial charge in [-0.15, -0.1) is 21.5 Å². The summed E-state index contributed by atoms with van der Waals surface area (Å²) in [5, 5.41) is 16.0. The minimum Gasteiger partial charge on any atom is -0.383 e. The molecule has 0 atom stereocenters. The van der Waals surface area contributed by atoms with Crippen LogP contribution in [0.25, 0.3) is 10.6 Å². The van der Waals surface area contributed by atoms with Gasteiger partial charge < -0.3 is 10.1 Å². The fraction of sp³-hybridized carbons (Fsp3) is 0.267. The third-order valence-corrected chi connectivity index (χ3v) is 6.29. The zero-order valence-corrected chi connectivity index (χ0v) is 16.1. The van der Waals surface area contributed by atoms with Gasteiger partial charge in [-0.2, -0.15) is 0 Å². The number of thiazole rings is 1. The van der Waals surface area contributed by atoms with Gasteiger partial charge in [0.1, 0.15) is 5.01 Å². The van der Waals surface area contributed by atoms with E-state index in [9.17, 15) is 0 Å². The van der Waals surface area contributed by atoms with E-state index in [4.69, 9.17) is 16.3 Å². The number of nitrogens with one attached hydrogen (secondary N) is 1. The van der Waals surface area contributed by atoms with Crippen LogP contribution >= 0.6 is 46.0 Å². The van der Waals surface area contributed by atoms with E-state index >= 15 is 0 Å². The third kappa shape index (κ3) is 4.67. The zero-order valence-electron chi connectivity index (χ0n) is 12.9. The molecule has 9 heteroatoms. The summed E-state index contributed by atoms with van der Waals surface area (Å²) < 4.78 is 5.91. The lowest BCUT2D eigenvalue weighted by atomic mass is 10.2. The van der Waals surface area contributed by atoms with Crippen molar-refractivity contribution >= 4 is 51.2 Å². The minimum absolute atomic E-state index is 0.645. The van der Waals surface area contributed by atoms with Gasteiger partial charge in [-0.3, -0.25) is 0 Å². The van der Waals surface area contributed by atoms with Crippen LogP contribution in [0.5, 0.6) is 0 Å². The van der Waals surface area contributed by atoms with Crippen molar-refractivity contribution in [3.63, 3.8) is 0 Å². The van der Waals surface area contributed by atoms with Crippen molar-refractivity contribution in [2.24, 2.45) is 0 Å². The molecule has 0 bridgehead atoms. The Morgan fingerprint density at radius 3 is 3.00 bits per heavy atom. The Bertz CT molecular complexity index is 792. The molecule has 0 spiro atoms. The first kappa shape index (κ1) is 17.6. The van der Waals surface area contributed by atoms with E-state index in [0.717, 1.165) is 43.1 Å². The molecule has 0 aliphatic heterocycles. The number of anilines is 1. The van der Waals surface area contributed by atoms with Crippen molar-refractivity contribution in [1.82, 2.24) is 15.2 Å². The predicted octanol–water partition coefficient (Wildman–Crippen LogP) is 4.67. The monoisotopic (exact) mass is 398 g/mol. The Labute approximate surface area is 157 Å². The highest BCUT2D eigenvalue weighted by atomic mass is 35.5. The molecule has 1 aromatic carbocycles. The molecule has 2 aromatic heterocycles. The Kier molecular flexibility index (Phi) is 6.44. The van der Waals surface area contributed by atoms with Crippen LogP contribution in [0.2, 0.25) is 5.02 Å². The molecule has 2 heterocycles. The maximum absolute atomic E-state index is 6.22. The number of ether oxygens (including phenoxy) is 1. The summed E-state index contributed by atoms with van der Waals surface area (Å²) in [5.74, 6) is 0.758. The number of hydrogen-bond donors (Lipinski definition) is 1. The molecule has 1 N–H and O–H groups in total. The summed E-state index contributed by atoms with van der Waals surface area (Å²) in [7, 11) is 1.67. The summed E-state index contributed by atoms with van der Waals surface area (Å²) in [6.07, 6.45) is 0. The van der Waals surface area contributed by atoms with Crippen LogP contribution in [0.15, 0.2) is 34.0 Å². The van der Waals surface area contributed by atoms with Crippen LogP contribution in [0.3, 0.4) is 0 Å². The van der Waals surface area contributed by atoms with Gasteiger partial charge in [-0.05, 0) is 6.07 Å². The molecule has 0 saturated carbocycles. The number of methoxy groups -OCH3 is 1. The van der Waals surface area contributed by atoms with E-state index in [-0.39, 0.29) is 0 Å². The molecule has 24 heavy (non-hydrogen) atoms. The second kappa shape index (κ2) is 8.77. The SMILES string of the molecule is COCCNc1nnc(SCc2csc(-c3ccccc3Cl)n2)s1. The second-order valence-electron chi connectivity index (χ2n) is 4.71. The van der Waals surface area contributed by atoms with Crippen molar-refractivity contribution in [3.8, 4) is 10.6 Å². The predicted molar refractivity (Wildman–Crippen MR) is 102 cm³/mol. The van der Waals surface area contributed by atoms with Gasteiger partial charge in [0, 0.05) is 30.4 Å². The standard InChI is InChI=1S/C15H15ClN4OS3/c1-21-7-6-17-14-19-20-15(24-14)23-9-10-8-22-13(18-10)11-4-2-3-5-12(11)16/h2-5,8H,6-7,9H2,1H3,(H,17,19). The van der Waals surface area contributed by atoms with Crippen molar-refractivity contribution in [3.05, 3.63) is 40.4 Å². The molecule has 0 amide bonds. The van der Waals surface area contributed by atoms with Crippen LogP contribution in [0.1, 0.15) is 5.69 Å². The normalized spacial score (nSPS) is 10.9. The lowest BCUT2D eigenvalue weighted by Crippen LogP contribution is -2.06. The van der Waals surface area contributed by atoms with Gasteiger partial charge in [-0.1, -0.05) is 52.9 Å². The number of thioether (sulfide) groups is 1. The maximum Gasteiger partial charge on any atom is 0.206 e. The summed E-state index contributed by atoms with van der Waals surface area (Å²) >= 11 is 11.0. The van der Waals surface area contributed by atoms with Crippen LogP contribution in [0, 0.1) is 0 Å². The molecule has 3 aromatic rings. The van der Waals surface area contributed by atoms with E-state index in [1.54, 1.807) is 30.2 Å². The van der Waals surface area contributed by atoms with Crippen molar-refractivity contribution in [2.75, 3.05) is 25.6 Å². The minimum atomic E-state index is 0.645. The molecule has 0 unspecified atom stereocenters. The van der Waals surface area contributed by atoms with E-state index < -0.39 is 0 Å². The maximum atomic E-state index is 6.22. The topological polar surface area (TPSA) is 59.9 Å². The van der Waals surface area contributed by atoms with E-state index in [1.807, 2.05) is 24.3 Å². The van der Waals surface area contributed by atoms with Gasteiger partial charge in [0.15, 0.2) is 4.34 Å². The average Bonchev–Trinajstić information content (AvgIpc) is 3.23. The highest BCUT2D eigenvalue weighted by Gasteiger charge is 2.10. The molecular weight excluding hydrogens is 384 g/mol. The molecule has 0 saturated heterocycles. The summed E-state index contributed by atoms with van der Waals surface area (Å²) in [6.45, 7) is 1.37. The van der Waals surface area contributed by atoms with Gasteiger partial charge >= 0.3 is 0 Å². The molecule has 0 radical (unpaired) electrons. The second-order valence-corrected chi connectivity index (χ2v) is 8.17. The quantitative estimate of drug-likeness (QED) is 0.439. The van der Waals surface area contributed by atoms with Crippen LogP contribution in [-0.2, 0) is 10.5 Å². The lowest BCUT2D eigenvalue weighted by molar-refractivity contribution is 0.211. The van der Waals surface area contributed by atoms with Gasteiger partial charge in [-0.25, -0.2) is 4.98 Å². The highest BCUT2D eigenvalue weighted by molar-refractivity contribution is 8.00. The summed E-state index contributed by atoms with van der Waals surface area (Å²) in [4.78, 5) is 4.66. The first-order valence-electron chi connectivity index (χ1n) is 7.14. The van der Waals surface area contributed by atoms with Crippen molar-refractivity contribution < 1.29 is 4.74 Å². The summed E-state index contributed by atoms with van der Waals surface area (Å²) in [5.41, 5.74) is 1.99. The number of benzene rings is 1. The molecule has 5 nitrogen and oxygen atoms in total. The van der Waals surface area contributed by atoms with Gasteiger partial charge in [0.2, 0.25) is 5.13 Å². The number of nitrogens with zero attached hydrogens (tertiary/aromatic N) is 3. The number of rotatable bonds is 8. The molecule has 3 rings (SSSR count). The third-order valence-electron chi connectivity index (χ3n) is 2.99. The fourth-order valence-electron chi connectivity index (χ4n) is 1.87. The van der Waals surface area contributed by atoms with Crippen LogP contribution < -0.4 is 5.32 Å². The van der Waals surface area contributed by atoms with Crippen LogP contribution in [-0.4, -0.2) is 35.4 Å². The van der Waals surface area contributed by atoms with E-state index in [2.05, 4.69) is 25.9 Å². The molecule has 0 aliphatic carbocycles. The molecule has 126 valence electrons. The fourth-order valence-corrected chi connectivity index (χ4v) is 4.78. The average molecular weight is 399 g/mol. The molecule has 0 aliphatic rings. The Balaban J connectivity index is 1.57. The van der Waals surface area contributed by atoms with Crippen molar-refractivity contribution in [1.29, 1.82) is 0 Å². The van der Waals surface area contributed by atoms with Gasteiger partial charge in [0.05, 0.1) is 17.3 Å². The Hall–Kier alpha value is -1.19. The Morgan fingerprint density at radius 2 is 2.17 bits per heavy atom. The zero-order chi connectivity index (χ0) is 16.8. The first-order chi connectivity index (χ1) is 11.8. The summed E-state index contributed by atoms with van der Waals surface area (Å²) in [6, 6.07) is 7.76. The van der Waals surface area contributed by atoms with Crippen LogP contribution in [0.4, 0.5) is 5.13 Å². The number of aromatic nitrogens is 3. The van der Waals surface area contributed by atoms with Gasteiger partial charge in [0.25, 0.3) is 0 Å². The molecular formula is C15H15ClN4OS3. The number of hydrogen-bond acceptors (Lipinski definition) is 8. The van der Waals surface area contributed by atoms with E-state index in [1.165, 1.54) is 11.3 Å². The van der Waals surface area contributed by atoms with Crippen molar-refractivity contribution in [2.45, 2.75) is 10.1 Å². The lowest BCUT2D eigenvalue weighted by Gasteiger charge is -1.99. The largest absolute Gasteiger partial charge is 0.383 e.